The van der Waals surface area contributed by atoms with E-state index >= 15 is 0 Å². The zero-order chi connectivity index (χ0) is 20.0. The number of rotatable bonds is 3. The van der Waals surface area contributed by atoms with E-state index in [-0.39, 0.29) is 11.3 Å². The number of thiazole rings is 1. The Morgan fingerprint density at radius 1 is 1.08 bits per heavy atom. The van der Waals surface area contributed by atoms with Gasteiger partial charge in [0.1, 0.15) is 0 Å². The van der Waals surface area contributed by atoms with Crippen molar-refractivity contribution in [1.82, 2.24) is 4.57 Å². The third kappa shape index (κ3) is 3.75. The van der Waals surface area contributed by atoms with Crippen molar-refractivity contribution in [2.24, 2.45) is 4.99 Å². The van der Waals surface area contributed by atoms with Gasteiger partial charge in [-0.3, -0.25) is 4.79 Å². The maximum Gasteiger partial charge on any atom is 0.460 e. The third-order valence-corrected chi connectivity index (χ3v) is 4.98. The lowest BCUT2D eigenvalue weighted by Gasteiger charge is -2.25. The van der Waals surface area contributed by atoms with E-state index in [1.54, 1.807) is 34.6 Å². The molecule has 0 atom stereocenters. The van der Waals surface area contributed by atoms with Gasteiger partial charge in [0.2, 0.25) is 0 Å². The second-order valence-corrected chi connectivity index (χ2v) is 7.33. The van der Waals surface area contributed by atoms with Crippen LogP contribution in [0.5, 0.6) is 0 Å². The first-order valence-corrected chi connectivity index (χ1v) is 7.92. The molecular formula is C14H17F7N2OS. The normalized spacial score (nSPS) is 15.0. The smallest absolute Gasteiger partial charge is 0.321 e. The fourth-order valence-electron chi connectivity index (χ4n) is 2.11. The molecule has 0 fully saturated rings. The molecule has 11 heteroatoms. The van der Waals surface area contributed by atoms with E-state index in [2.05, 4.69) is 4.99 Å². The zero-order valence-corrected chi connectivity index (χ0v) is 14.9. The molecule has 0 spiro atoms. The Kier molecular flexibility index (Phi) is 5.55. The fourth-order valence-corrected chi connectivity index (χ4v) is 3.36. The number of aromatic nitrogens is 1. The summed E-state index contributed by atoms with van der Waals surface area (Å²) in [7, 11) is 0. The maximum absolute atomic E-state index is 13.4. The second kappa shape index (κ2) is 6.40. The standard InChI is InChI=1S/C14H17F7N2OS/c1-6-23-7(2)8(11(3,4)5)25-10(23)22-9(24)12(15,16)13(17,18)14(19,20)21/h6H2,1-5H3/b22-10-. The largest absolute Gasteiger partial charge is 0.460 e. The average Bonchev–Trinajstić information content (AvgIpc) is 2.73. The Hall–Kier alpha value is -1.39. The zero-order valence-electron chi connectivity index (χ0n) is 14.1. The van der Waals surface area contributed by atoms with Crippen LogP contribution in [0.3, 0.4) is 0 Å². The topological polar surface area (TPSA) is 34.4 Å². The van der Waals surface area contributed by atoms with Crippen molar-refractivity contribution in [2.45, 2.75) is 64.6 Å². The lowest BCUT2D eigenvalue weighted by molar-refractivity contribution is -0.343. The van der Waals surface area contributed by atoms with Crippen LogP contribution in [0.4, 0.5) is 30.7 Å². The first-order chi connectivity index (χ1) is 11.0. The number of amides is 1. The van der Waals surface area contributed by atoms with Crippen LogP contribution in [0.25, 0.3) is 0 Å². The van der Waals surface area contributed by atoms with Crippen LogP contribution in [-0.4, -0.2) is 28.5 Å². The van der Waals surface area contributed by atoms with Gasteiger partial charge in [-0.15, -0.1) is 11.3 Å². The van der Waals surface area contributed by atoms with Crippen LogP contribution in [0.15, 0.2) is 4.99 Å². The molecule has 1 rings (SSSR count). The highest BCUT2D eigenvalue weighted by Gasteiger charge is 2.76. The summed E-state index contributed by atoms with van der Waals surface area (Å²) >= 11 is 0.796. The summed E-state index contributed by atoms with van der Waals surface area (Å²) < 4.78 is 90.6. The molecule has 144 valence electrons. The number of hydrogen-bond acceptors (Lipinski definition) is 2. The third-order valence-electron chi connectivity index (χ3n) is 3.37. The molecule has 1 amide bonds. The molecule has 0 saturated heterocycles. The molecule has 0 radical (unpaired) electrons. The number of alkyl halides is 7. The van der Waals surface area contributed by atoms with Crippen LogP contribution in [0, 0.1) is 6.92 Å². The summed E-state index contributed by atoms with van der Waals surface area (Å²) in [5.41, 5.74) is 0.110. The molecule has 1 heterocycles. The van der Waals surface area contributed by atoms with Crippen LogP contribution in [-0.2, 0) is 16.8 Å². The van der Waals surface area contributed by atoms with Crippen LogP contribution >= 0.6 is 11.3 Å². The highest BCUT2D eigenvalue weighted by molar-refractivity contribution is 7.09. The Morgan fingerprint density at radius 2 is 1.56 bits per heavy atom. The summed E-state index contributed by atoms with van der Waals surface area (Å²) in [5.74, 6) is -15.4. The SMILES string of the molecule is CCn1c(C)c(C(C)(C)C)s/c1=N\C(=O)C(F)(F)C(F)(F)C(F)(F)F. The minimum atomic E-state index is -6.58. The Labute approximate surface area is 143 Å². The maximum atomic E-state index is 13.4. The first kappa shape index (κ1) is 21.7. The van der Waals surface area contributed by atoms with Crippen molar-refractivity contribution >= 4 is 17.2 Å². The molecule has 1 aromatic heterocycles. The number of halogens is 7. The first-order valence-electron chi connectivity index (χ1n) is 7.10. The van der Waals surface area contributed by atoms with Crippen molar-refractivity contribution in [1.29, 1.82) is 0 Å². The molecule has 0 bridgehead atoms. The van der Waals surface area contributed by atoms with Gasteiger partial charge in [0.25, 0.3) is 0 Å². The summed E-state index contributed by atoms with van der Waals surface area (Å²) in [5, 5.41) is 0. The lowest BCUT2D eigenvalue weighted by Crippen LogP contribution is -2.56. The number of carbonyl (C=O) groups is 1. The number of carbonyl (C=O) groups excluding carboxylic acids is 1. The molecule has 1 aromatic rings. The van der Waals surface area contributed by atoms with Crippen molar-refractivity contribution in [3.8, 4) is 0 Å². The van der Waals surface area contributed by atoms with E-state index in [9.17, 15) is 35.5 Å². The Morgan fingerprint density at radius 3 is 1.92 bits per heavy atom. The van der Waals surface area contributed by atoms with Gasteiger partial charge in [-0.1, -0.05) is 20.8 Å². The summed E-state index contributed by atoms with van der Waals surface area (Å²) in [6, 6.07) is 0. The lowest BCUT2D eigenvalue weighted by atomic mass is 9.93. The van der Waals surface area contributed by atoms with Crippen molar-refractivity contribution < 1.29 is 35.5 Å². The van der Waals surface area contributed by atoms with Gasteiger partial charge >= 0.3 is 23.9 Å². The summed E-state index contributed by atoms with van der Waals surface area (Å²) in [6.45, 7) is 8.77. The molecule has 25 heavy (non-hydrogen) atoms. The van der Waals surface area contributed by atoms with Gasteiger partial charge in [0.15, 0.2) is 4.80 Å². The molecule has 0 aliphatic carbocycles. The van der Waals surface area contributed by atoms with Crippen molar-refractivity contribution in [3.63, 3.8) is 0 Å². The Bertz CT molecular complexity index is 723. The quantitative estimate of drug-likeness (QED) is 0.699. The second-order valence-electron chi connectivity index (χ2n) is 6.36. The molecule has 0 saturated carbocycles. The highest BCUT2D eigenvalue weighted by atomic mass is 32.1. The van der Waals surface area contributed by atoms with Crippen LogP contribution in [0.1, 0.15) is 38.3 Å². The molecule has 0 unspecified atom stereocenters. The number of hydrogen-bond donors (Lipinski definition) is 0. The van der Waals surface area contributed by atoms with E-state index < -0.39 is 29.3 Å². The molecule has 0 aliphatic heterocycles. The predicted octanol–water partition coefficient (Wildman–Crippen LogP) is 4.44. The fraction of sp³-hybridized carbons (Fsp3) is 0.714. The molecule has 3 nitrogen and oxygen atoms in total. The van der Waals surface area contributed by atoms with E-state index in [0.717, 1.165) is 11.3 Å². The molecule has 0 N–H and O–H groups in total. The molecule has 0 aromatic carbocycles. The van der Waals surface area contributed by atoms with E-state index in [4.69, 9.17) is 0 Å². The van der Waals surface area contributed by atoms with Gasteiger partial charge in [-0.25, -0.2) is 0 Å². The molecule has 0 aliphatic rings. The minimum Gasteiger partial charge on any atom is -0.321 e. The Balaban J connectivity index is 3.53. The van der Waals surface area contributed by atoms with Gasteiger partial charge < -0.3 is 4.57 Å². The van der Waals surface area contributed by atoms with Crippen molar-refractivity contribution in [3.05, 3.63) is 15.4 Å². The summed E-state index contributed by atoms with van der Waals surface area (Å²) in [6.07, 6.45) is -6.58. The predicted molar refractivity (Wildman–Crippen MR) is 77.9 cm³/mol. The van der Waals surface area contributed by atoms with Gasteiger partial charge in [0.05, 0.1) is 0 Å². The van der Waals surface area contributed by atoms with E-state index in [1.807, 2.05) is 0 Å². The average molecular weight is 394 g/mol. The van der Waals surface area contributed by atoms with E-state index in [1.165, 1.54) is 4.57 Å². The minimum absolute atomic E-state index is 0.172. The van der Waals surface area contributed by atoms with E-state index in [0.29, 0.717) is 10.6 Å². The highest BCUT2D eigenvalue weighted by Crippen LogP contribution is 2.47. The van der Waals surface area contributed by atoms with Crippen molar-refractivity contribution in [2.75, 3.05) is 0 Å². The van der Waals surface area contributed by atoms with Crippen LogP contribution < -0.4 is 4.80 Å². The van der Waals surface area contributed by atoms with Gasteiger partial charge in [0, 0.05) is 17.1 Å². The van der Waals surface area contributed by atoms with Gasteiger partial charge in [-0.05, 0) is 19.3 Å². The van der Waals surface area contributed by atoms with Crippen LogP contribution in [0.2, 0.25) is 0 Å². The number of nitrogens with zero attached hydrogens (tertiary/aromatic N) is 2. The van der Waals surface area contributed by atoms with Gasteiger partial charge in [-0.2, -0.15) is 35.7 Å². The summed E-state index contributed by atoms with van der Waals surface area (Å²) in [4.78, 5) is 14.6. The molecular weight excluding hydrogens is 377 g/mol. The monoisotopic (exact) mass is 394 g/mol.